The van der Waals surface area contributed by atoms with Gasteiger partial charge in [0.05, 0.1) is 5.52 Å². The van der Waals surface area contributed by atoms with Crippen LogP contribution in [0.4, 0.5) is 5.69 Å². The summed E-state index contributed by atoms with van der Waals surface area (Å²) < 4.78 is 6.44. The van der Waals surface area contributed by atoms with E-state index < -0.39 is 11.7 Å². The minimum atomic E-state index is -0.801. The Kier molecular flexibility index (Phi) is 3.36. The van der Waals surface area contributed by atoms with Gasteiger partial charge in [-0.05, 0) is 24.6 Å². The van der Waals surface area contributed by atoms with Crippen LogP contribution in [-0.2, 0) is 11.8 Å². The molecule has 0 aliphatic carbocycles. The molecule has 0 unspecified atom stereocenters. The number of carboxylic acids is 1. The SMILES string of the molecule is Cn1c(=O)oc2ccc(NCCCC(=O)O)cc21. The van der Waals surface area contributed by atoms with Crippen LogP contribution in [0.5, 0.6) is 0 Å². The maximum absolute atomic E-state index is 11.3. The van der Waals surface area contributed by atoms with E-state index in [4.69, 9.17) is 9.52 Å². The lowest BCUT2D eigenvalue weighted by molar-refractivity contribution is -0.137. The average Bonchev–Trinajstić information content (AvgIpc) is 2.61. The van der Waals surface area contributed by atoms with Crippen molar-refractivity contribution >= 4 is 22.8 Å². The summed E-state index contributed by atoms with van der Waals surface area (Å²) in [7, 11) is 1.64. The molecule has 0 radical (unpaired) electrons. The molecule has 0 bridgehead atoms. The van der Waals surface area contributed by atoms with Crippen molar-refractivity contribution in [3.05, 3.63) is 28.7 Å². The number of nitrogens with one attached hydrogen (secondary N) is 1. The Morgan fingerprint density at radius 2 is 2.28 bits per heavy atom. The second-order valence-corrected chi connectivity index (χ2v) is 4.03. The van der Waals surface area contributed by atoms with Gasteiger partial charge in [-0.3, -0.25) is 9.36 Å². The summed E-state index contributed by atoms with van der Waals surface area (Å²) in [6, 6.07) is 5.32. The van der Waals surface area contributed by atoms with Crippen LogP contribution >= 0.6 is 0 Å². The number of aromatic nitrogens is 1. The van der Waals surface area contributed by atoms with Crippen molar-refractivity contribution in [1.82, 2.24) is 4.57 Å². The number of hydrogen-bond acceptors (Lipinski definition) is 4. The lowest BCUT2D eigenvalue weighted by atomic mass is 10.2. The maximum Gasteiger partial charge on any atom is 0.419 e. The van der Waals surface area contributed by atoms with Gasteiger partial charge in [0.25, 0.3) is 0 Å². The quantitative estimate of drug-likeness (QED) is 0.784. The van der Waals surface area contributed by atoms with Crippen molar-refractivity contribution in [2.45, 2.75) is 12.8 Å². The number of carbonyl (C=O) groups is 1. The summed E-state index contributed by atoms with van der Waals surface area (Å²) in [5.41, 5.74) is 2.09. The minimum Gasteiger partial charge on any atom is -0.481 e. The number of hydrogen-bond donors (Lipinski definition) is 2. The molecule has 0 spiro atoms. The standard InChI is InChI=1S/C12H14N2O4/c1-14-9-7-8(13-6-2-3-11(15)16)4-5-10(9)18-12(14)17/h4-5,7,13H,2-3,6H2,1H3,(H,15,16). The van der Waals surface area contributed by atoms with Crippen LogP contribution in [0.15, 0.2) is 27.4 Å². The molecule has 18 heavy (non-hydrogen) atoms. The van der Waals surface area contributed by atoms with Crippen molar-refractivity contribution in [1.29, 1.82) is 0 Å². The largest absolute Gasteiger partial charge is 0.481 e. The number of nitrogens with zero attached hydrogens (tertiary/aromatic N) is 1. The second kappa shape index (κ2) is 4.95. The number of carboxylic acid groups (broad SMARTS) is 1. The van der Waals surface area contributed by atoms with Crippen LogP contribution < -0.4 is 11.1 Å². The second-order valence-electron chi connectivity index (χ2n) is 4.03. The van der Waals surface area contributed by atoms with E-state index in [0.29, 0.717) is 24.1 Å². The topological polar surface area (TPSA) is 84.5 Å². The molecule has 0 atom stereocenters. The number of fused-ring (bicyclic) bond motifs is 1. The zero-order valence-corrected chi connectivity index (χ0v) is 9.97. The van der Waals surface area contributed by atoms with E-state index in [0.717, 1.165) is 5.69 Å². The van der Waals surface area contributed by atoms with Crippen LogP contribution in [0, 0.1) is 0 Å². The minimum absolute atomic E-state index is 0.138. The van der Waals surface area contributed by atoms with Crippen molar-refractivity contribution in [2.24, 2.45) is 7.05 Å². The third-order valence-electron chi connectivity index (χ3n) is 2.69. The number of aliphatic carboxylic acids is 1. The van der Waals surface area contributed by atoms with Gasteiger partial charge < -0.3 is 14.8 Å². The highest BCUT2D eigenvalue weighted by atomic mass is 16.4. The van der Waals surface area contributed by atoms with Gasteiger partial charge in [-0.15, -0.1) is 0 Å². The molecule has 6 heteroatoms. The van der Waals surface area contributed by atoms with E-state index in [9.17, 15) is 9.59 Å². The molecule has 2 rings (SSSR count). The molecule has 0 aliphatic rings. The van der Waals surface area contributed by atoms with Crippen LogP contribution in [0.25, 0.3) is 11.1 Å². The van der Waals surface area contributed by atoms with Crippen LogP contribution in [0.2, 0.25) is 0 Å². The van der Waals surface area contributed by atoms with E-state index >= 15 is 0 Å². The van der Waals surface area contributed by atoms with Crippen molar-refractivity contribution in [3.63, 3.8) is 0 Å². The van der Waals surface area contributed by atoms with Gasteiger partial charge in [-0.2, -0.15) is 0 Å². The predicted molar refractivity (Wildman–Crippen MR) is 66.8 cm³/mol. The summed E-state index contributed by atoms with van der Waals surface area (Å²) in [5, 5.41) is 11.6. The first-order valence-electron chi connectivity index (χ1n) is 5.63. The molecule has 96 valence electrons. The molecule has 6 nitrogen and oxygen atoms in total. The average molecular weight is 250 g/mol. The van der Waals surface area contributed by atoms with Gasteiger partial charge in [0.1, 0.15) is 0 Å². The predicted octanol–water partition coefficient (Wildman–Crippen LogP) is 1.41. The number of aryl methyl sites for hydroxylation is 1. The van der Waals surface area contributed by atoms with Crippen molar-refractivity contribution < 1.29 is 14.3 Å². The summed E-state index contributed by atoms with van der Waals surface area (Å²) in [4.78, 5) is 21.7. The van der Waals surface area contributed by atoms with Crippen LogP contribution in [-0.4, -0.2) is 22.2 Å². The van der Waals surface area contributed by atoms with E-state index in [-0.39, 0.29) is 6.42 Å². The lowest BCUT2D eigenvalue weighted by Gasteiger charge is -2.05. The molecule has 0 saturated carbocycles. The number of benzene rings is 1. The molecule has 2 aromatic rings. The Bertz CT molecular complexity index is 627. The Balaban J connectivity index is 2.08. The Morgan fingerprint density at radius 1 is 1.50 bits per heavy atom. The maximum atomic E-state index is 11.3. The zero-order valence-electron chi connectivity index (χ0n) is 9.97. The molecule has 1 aromatic heterocycles. The van der Waals surface area contributed by atoms with Gasteiger partial charge in [0, 0.05) is 25.7 Å². The molecule has 2 N–H and O–H groups in total. The van der Waals surface area contributed by atoms with Gasteiger partial charge in [0.2, 0.25) is 0 Å². The Morgan fingerprint density at radius 3 is 3.00 bits per heavy atom. The van der Waals surface area contributed by atoms with Crippen molar-refractivity contribution in [2.75, 3.05) is 11.9 Å². The molecule has 1 aromatic carbocycles. The van der Waals surface area contributed by atoms with Gasteiger partial charge in [-0.25, -0.2) is 4.79 Å². The summed E-state index contributed by atoms with van der Waals surface area (Å²) in [5.74, 6) is -1.20. The fourth-order valence-corrected chi connectivity index (χ4v) is 1.71. The monoisotopic (exact) mass is 250 g/mol. The molecule has 0 aliphatic heterocycles. The van der Waals surface area contributed by atoms with Gasteiger partial charge >= 0.3 is 11.7 Å². The number of oxazole rings is 1. The van der Waals surface area contributed by atoms with E-state index in [1.807, 2.05) is 0 Å². The smallest absolute Gasteiger partial charge is 0.419 e. The molecular weight excluding hydrogens is 236 g/mol. The highest BCUT2D eigenvalue weighted by molar-refractivity contribution is 5.77. The zero-order chi connectivity index (χ0) is 13.1. The first-order valence-corrected chi connectivity index (χ1v) is 5.63. The van der Waals surface area contributed by atoms with Crippen molar-refractivity contribution in [3.8, 4) is 0 Å². The summed E-state index contributed by atoms with van der Waals surface area (Å²) in [6.45, 7) is 0.573. The third-order valence-corrected chi connectivity index (χ3v) is 2.69. The normalized spacial score (nSPS) is 10.7. The summed E-state index contributed by atoms with van der Waals surface area (Å²) in [6.07, 6.45) is 0.692. The first-order chi connectivity index (χ1) is 8.58. The van der Waals surface area contributed by atoms with E-state index in [1.165, 1.54) is 4.57 Å². The van der Waals surface area contributed by atoms with Crippen LogP contribution in [0.3, 0.4) is 0 Å². The Hall–Kier alpha value is -2.24. The highest BCUT2D eigenvalue weighted by Crippen LogP contribution is 2.17. The lowest BCUT2D eigenvalue weighted by Crippen LogP contribution is -2.08. The third kappa shape index (κ3) is 2.53. The number of anilines is 1. The highest BCUT2D eigenvalue weighted by Gasteiger charge is 2.06. The molecule has 0 amide bonds. The van der Waals surface area contributed by atoms with E-state index in [2.05, 4.69) is 5.32 Å². The fraction of sp³-hybridized carbons (Fsp3) is 0.333. The Labute approximate surface area is 103 Å². The summed E-state index contributed by atoms with van der Waals surface area (Å²) >= 11 is 0. The number of rotatable bonds is 5. The van der Waals surface area contributed by atoms with Gasteiger partial charge in [-0.1, -0.05) is 0 Å². The molecule has 0 saturated heterocycles. The fourth-order valence-electron chi connectivity index (χ4n) is 1.71. The van der Waals surface area contributed by atoms with Gasteiger partial charge in [0.15, 0.2) is 5.58 Å². The molecular formula is C12H14N2O4. The first kappa shape index (κ1) is 12.2. The molecule has 1 heterocycles. The van der Waals surface area contributed by atoms with Crippen LogP contribution in [0.1, 0.15) is 12.8 Å². The van der Waals surface area contributed by atoms with E-state index in [1.54, 1.807) is 25.2 Å². The molecule has 0 fully saturated rings.